The van der Waals surface area contributed by atoms with Crippen LogP contribution in [0.3, 0.4) is 0 Å². The number of fused-ring (bicyclic) bond motifs is 2. The quantitative estimate of drug-likeness (QED) is 0.470. The number of piperazine rings is 1. The third kappa shape index (κ3) is 3.92. The lowest BCUT2D eigenvalue weighted by Gasteiger charge is -2.36. The van der Waals surface area contributed by atoms with Crippen LogP contribution in [0.15, 0.2) is 61.1 Å². The molecule has 176 valence electrons. The summed E-state index contributed by atoms with van der Waals surface area (Å²) >= 11 is 0. The maximum Gasteiger partial charge on any atom is 0.410 e. The van der Waals surface area contributed by atoms with Crippen LogP contribution in [0.4, 0.5) is 22.1 Å². The summed E-state index contributed by atoms with van der Waals surface area (Å²) in [5, 5.41) is 4.11. The van der Waals surface area contributed by atoms with Gasteiger partial charge < -0.3 is 19.7 Å². The van der Waals surface area contributed by atoms with Gasteiger partial charge in [0.25, 0.3) is 0 Å². The van der Waals surface area contributed by atoms with Crippen molar-refractivity contribution in [2.45, 2.75) is 6.04 Å². The molecular weight excluding hydrogens is 446 g/mol. The van der Waals surface area contributed by atoms with Crippen molar-refractivity contribution in [2.75, 3.05) is 43.6 Å². The smallest absolute Gasteiger partial charge is 0.410 e. The molecule has 0 radical (unpaired) electrons. The highest BCUT2D eigenvalue weighted by molar-refractivity contribution is 5.95. The second-order valence-electron chi connectivity index (χ2n) is 8.40. The number of methoxy groups -OCH3 is 1. The molecule has 0 spiro atoms. The molecule has 1 unspecified atom stereocenters. The second kappa shape index (κ2) is 8.71. The number of nitrogens with one attached hydrogen (secondary N) is 1. The Bertz CT molecular complexity index is 1400. The predicted octanol–water partition coefficient (Wildman–Crippen LogP) is 3.48. The molecule has 2 aliphatic heterocycles. The summed E-state index contributed by atoms with van der Waals surface area (Å²) in [6.45, 7) is 2.18. The molecule has 0 saturated carbocycles. The number of carbonyl (C=O) groups is 1. The van der Waals surface area contributed by atoms with E-state index in [1.807, 2.05) is 42.5 Å². The number of hydrogen-bond acceptors (Lipinski definition) is 9. The highest BCUT2D eigenvalue weighted by Crippen LogP contribution is 2.35. The summed E-state index contributed by atoms with van der Waals surface area (Å²) in [7, 11) is 1.61. The fraction of sp³-hybridized carbons (Fsp3) is 0.240. The van der Waals surface area contributed by atoms with E-state index in [0.29, 0.717) is 49.1 Å². The van der Waals surface area contributed by atoms with Gasteiger partial charge in [0, 0.05) is 37.1 Å². The number of ether oxygens (including phenoxy) is 2. The van der Waals surface area contributed by atoms with Crippen LogP contribution < -0.4 is 15.0 Å². The van der Waals surface area contributed by atoms with Crippen LogP contribution in [0.5, 0.6) is 5.75 Å². The molecule has 0 aliphatic carbocycles. The topological polar surface area (TPSA) is 106 Å². The summed E-state index contributed by atoms with van der Waals surface area (Å²) in [5.41, 5.74) is 2.44. The summed E-state index contributed by atoms with van der Waals surface area (Å²) in [6, 6.07) is 13.7. The Hall–Kier alpha value is -4.47. The first kappa shape index (κ1) is 21.1. The van der Waals surface area contributed by atoms with Crippen molar-refractivity contribution in [3.8, 4) is 17.1 Å². The molecule has 0 bridgehead atoms. The van der Waals surface area contributed by atoms with E-state index in [9.17, 15) is 4.79 Å². The molecule has 6 rings (SSSR count). The Labute approximate surface area is 201 Å². The first-order chi connectivity index (χ1) is 17.2. The van der Waals surface area contributed by atoms with Crippen molar-refractivity contribution in [1.29, 1.82) is 0 Å². The first-order valence-electron chi connectivity index (χ1n) is 11.4. The lowest BCUT2D eigenvalue weighted by Crippen LogP contribution is -2.52. The minimum absolute atomic E-state index is 0.0138. The highest BCUT2D eigenvalue weighted by Gasteiger charge is 2.38. The van der Waals surface area contributed by atoms with E-state index in [1.54, 1.807) is 30.6 Å². The zero-order valence-electron chi connectivity index (χ0n) is 19.1. The molecule has 35 heavy (non-hydrogen) atoms. The molecule has 3 aromatic heterocycles. The molecule has 2 aliphatic rings. The standard InChI is InChI=1S/C25H23N7O3/c1-34-20-13-26-12-19-22(20)24(31-9-10-32-18(14-31)15-35-25(32)33)30-23(29-19)16-7-8-27-21(11-16)28-17-5-3-2-4-6-17/h2-8,11-13,18H,9-10,14-15H2,1H3,(H,27,28). The van der Waals surface area contributed by atoms with E-state index in [-0.39, 0.29) is 12.1 Å². The van der Waals surface area contributed by atoms with E-state index in [1.165, 1.54) is 0 Å². The lowest BCUT2D eigenvalue weighted by atomic mass is 10.1. The predicted molar refractivity (Wildman–Crippen MR) is 131 cm³/mol. The van der Waals surface area contributed by atoms with Crippen molar-refractivity contribution in [1.82, 2.24) is 24.8 Å². The molecule has 1 atom stereocenters. The summed E-state index contributed by atoms with van der Waals surface area (Å²) < 4.78 is 10.9. The van der Waals surface area contributed by atoms with E-state index >= 15 is 0 Å². The van der Waals surface area contributed by atoms with Gasteiger partial charge in [0.05, 0.1) is 36.4 Å². The minimum Gasteiger partial charge on any atom is -0.494 e. The van der Waals surface area contributed by atoms with Gasteiger partial charge in [-0.05, 0) is 24.3 Å². The molecule has 2 fully saturated rings. The molecule has 4 aromatic rings. The number of aromatic nitrogens is 4. The van der Waals surface area contributed by atoms with Gasteiger partial charge in [-0.25, -0.2) is 19.7 Å². The van der Waals surface area contributed by atoms with Crippen LogP contribution in [0.2, 0.25) is 0 Å². The monoisotopic (exact) mass is 469 g/mol. The number of carbonyl (C=O) groups excluding carboxylic acids is 1. The molecule has 5 heterocycles. The van der Waals surface area contributed by atoms with Gasteiger partial charge in [-0.1, -0.05) is 18.2 Å². The Morgan fingerprint density at radius 3 is 2.86 bits per heavy atom. The van der Waals surface area contributed by atoms with Crippen molar-refractivity contribution >= 4 is 34.3 Å². The van der Waals surface area contributed by atoms with Crippen LogP contribution in [0.25, 0.3) is 22.3 Å². The number of pyridine rings is 2. The summed E-state index contributed by atoms with van der Waals surface area (Å²) in [5.74, 6) is 2.60. The number of anilines is 3. The van der Waals surface area contributed by atoms with Crippen molar-refractivity contribution in [3.05, 3.63) is 61.1 Å². The van der Waals surface area contributed by atoms with Crippen LogP contribution in [0.1, 0.15) is 0 Å². The maximum absolute atomic E-state index is 12.0. The second-order valence-corrected chi connectivity index (χ2v) is 8.40. The van der Waals surface area contributed by atoms with Gasteiger partial charge in [-0.2, -0.15) is 0 Å². The van der Waals surface area contributed by atoms with E-state index in [2.05, 4.69) is 20.2 Å². The molecule has 10 nitrogen and oxygen atoms in total. The molecule has 1 N–H and O–H groups in total. The van der Waals surface area contributed by atoms with E-state index < -0.39 is 0 Å². The van der Waals surface area contributed by atoms with Crippen molar-refractivity contribution in [2.24, 2.45) is 0 Å². The molecule has 10 heteroatoms. The minimum atomic E-state index is -0.250. The van der Waals surface area contributed by atoms with Gasteiger partial charge in [-0.3, -0.25) is 9.88 Å². The van der Waals surface area contributed by atoms with Crippen LogP contribution in [-0.4, -0.2) is 70.3 Å². The van der Waals surface area contributed by atoms with Crippen LogP contribution >= 0.6 is 0 Å². The molecule has 1 amide bonds. The zero-order valence-corrected chi connectivity index (χ0v) is 19.1. The Morgan fingerprint density at radius 2 is 2.00 bits per heavy atom. The van der Waals surface area contributed by atoms with Gasteiger partial charge in [-0.15, -0.1) is 0 Å². The van der Waals surface area contributed by atoms with Crippen LogP contribution in [0, 0.1) is 0 Å². The Balaban J connectivity index is 1.42. The zero-order chi connectivity index (χ0) is 23.8. The molecular formula is C25H23N7O3. The van der Waals surface area contributed by atoms with Crippen molar-refractivity contribution < 1.29 is 14.3 Å². The average Bonchev–Trinajstić information content (AvgIpc) is 3.28. The number of hydrogen-bond donors (Lipinski definition) is 1. The Kier molecular flexibility index (Phi) is 5.25. The fourth-order valence-corrected chi connectivity index (χ4v) is 4.54. The third-order valence-corrected chi connectivity index (χ3v) is 6.25. The number of para-hydroxylation sites is 1. The number of benzene rings is 1. The van der Waals surface area contributed by atoms with Gasteiger partial charge in [0.15, 0.2) is 5.82 Å². The number of cyclic esters (lactones) is 1. The SMILES string of the molecule is COc1cncc2nc(-c3ccnc(Nc4ccccc4)c3)nc(N3CCN4C(=O)OCC4C3)c12. The maximum atomic E-state index is 12.0. The Morgan fingerprint density at radius 1 is 1.11 bits per heavy atom. The van der Waals surface area contributed by atoms with Crippen molar-refractivity contribution in [3.63, 3.8) is 0 Å². The van der Waals surface area contributed by atoms with Crippen LogP contribution in [-0.2, 0) is 4.74 Å². The lowest BCUT2D eigenvalue weighted by molar-refractivity contribution is 0.157. The molecule has 2 saturated heterocycles. The van der Waals surface area contributed by atoms with E-state index in [4.69, 9.17) is 19.4 Å². The van der Waals surface area contributed by atoms with E-state index in [0.717, 1.165) is 22.5 Å². The van der Waals surface area contributed by atoms with Gasteiger partial charge in [0.1, 0.15) is 24.0 Å². The van der Waals surface area contributed by atoms with Gasteiger partial charge >= 0.3 is 6.09 Å². The third-order valence-electron chi connectivity index (χ3n) is 6.25. The number of rotatable bonds is 5. The average molecular weight is 470 g/mol. The normalized spacial score (nSPS) is 17.3. The summed E-state index contributed by atoms with van der Waals surface area (Å²) in [6.07, 6.45) is 4.87. The highest BCUT2D eigenvalue weighted by atomic mass is 16.6. The molecule has 1 aromatic carbocycles. The number of nitrogens with zero attached hydrogens (tertiary/aromatic N) is 6. The van der Waals surface area contributed by atoms with Gasteiger partial charge in [0.2, 0.25) is 0 Å². The first-order valence-corrected chi connectivity index (χ1v) is 11.4. The fourth-order valence-electron chi connectivity index (χ4n) is 4.54. The number of amides is 1. The largest absolute Gasteiger partial charge is 0.494 e. The summed E-state index contributed by atoms with van der Waals surface area (Å²) in [4.78, 5) is 34.5.